The fourth-order valence-corrected chi connectivity index (χ4v) is 2.98. The highest BCUT2D eigenvalue weighted by Gasteiger charge is 2.45. The van der Waals surface area contributed by atoms with E-state index in [0.29, 0.717) is 12.0 Å². The van der Waals surface area contributed by atoms with Crippen molar-refractivity contribution in [2.24, 2.45) is 5.92 Å². The molecule has 2 rings (SSSR count). The molecule has 1 saturated heterocycles. The third-order valence-corrected chi connectivity index (χ3v) is 3.95. The molecular weight excluding hydrogens is 184 g/mol. The van der Waals surface area contributed by atoms with Crippen molar-refractivity contribution in [2.75, 3.05) is 6.61 Å². The average molecular weight is 204 g/mol. The van der Waals surface area contributed by atoms with Crippen molar-refractivity contribution in [3.8, 4) is 0 Å². The second kappa shape index (κ2) is 3.97. The van der Waals surface area contributed by atoms with E-state index in [2.05, 4.69) is 51.1 Å². The van der Waals surface area contributed by atoms with Gasteiger partial charge in [-0.2, -0.15) is 0 Å². The lowest BCUT2D eigenvalue weighted by Gasteiger charge is -2.37. The molecular formula is C14H20O. The van der Waals surface area contributed by atoms with E-state index in [9.17, 15) is 0 Å². The van der Waals surface area contributed by atoms with E-state index >= 15 is 0 Å². The summed E-state index contributed by atoms with van der Waals surface area (Å²) in [5.74, 6) is 0.623. The zero-order valence-corrected chi connectivity index (χ0v) is 9.86. The van der Waals surface area contributed by atoms with E-state index in [4.69, 9.17) is 4.74 Å². The van der Waals surface area contributed by atoms with Crippen molar-refractivity contribution in [2.45, 2.75) is 38.7 Å². The number of hydrogen-bond donors (Lipinski definition) is 0. The van der Waals surface area contributed by atoms with Crippen LogP contribution in [0.15, 0.2) is 30.3 Å². The molecule has 1 aromatic carbocycles. The molecule has 82 valence electrons. The second-order valence-corrected chi connectivity index (χ2v) is 4.82. The molecule has 1 aliphatic heterocycles. The highest BCUT2D eigenvalue weighted by Crippen LogP contribution is 2.44. The highest BCUT2D eigenvalue weighted by atomic mass is 16.5. The SMILES string of the molecule is CC(C)C1(c2ccccc2)CCOC1C. The van der Waals surface area contributed by atoms with Crippen molar-refractivity contribution in [1.82, 2.24) is 0 Å². The Bertz CT molecular complexity index is 317. The fourth-order valence-electron chi connectivity index (χ4n) is 2.98. The second-order valence-electron chi connectivity index (χ2n) is 4.82. The first-order valence-corrected chi connectivity index (χ1v) is 5.85. The molecule has 1 fully saturated rings. The van der Waals surface area contributed by atoms with Gasteiger partial charge in [0.1, 0.15) is 0 Å². The Balaban J connectivity index is 2.44. The summed E-state index contributed by atoms with van der Waals surface area (Å²) >= 11 is 0. The molecule has 0 radical (unpaired) electrons. The van der Waals surface area contributed by atoms with Crippen LogP contribution in [-0.4, -0.2) is 12.7 Å². The molecule has 1 nitrogen and oxygen atoms in total. The normalized spacial score (nSPS) is 31.1. The van der Waals surface area contributed by atoms with Gasteiger partial charge in [0, 0.05) is 12.0 Å². The van der Waals surface area contributed by atoms with Crippen LogP contribution in [-0.2, 0) is 10.2 Å². The van der Waals surface area contributed by atoms with Crippen LogP contribution in [0.25, 0.3) is 0 Å². The maximum Gasteiger partial charge on any atom is 0.0646 e. The van der Waals surface area contributed by atoms with Crippen LogP contribution in [0.3, 0.4) is 0 Å². The number of ether oxygens (including phenoxy) is 1. The summed E-state index contributed by atoms with van der Waals surface area (Å²) < 4.78 is 5.78. The minimum Gasteiger partial charge on any atom is -0.378 e. The molecule has 1 aliphatic rings. The minimum absolute atomic E-state index is 0.223. The molecule has 0 aromatic heterocycles. The molecule has 0 aliphatic carbocycles. The van der Waals surface area contributed by atoms with Gasteiger partial charge in [-0.15, -0.1) is 0 Å². The van der Waals surface area contributed by atoms with Gasteiger partial charge in [0.25, 0.3) is 0 Å². The van der Waals surface area contributed by atoms with Crippen molar-refractivity contribution < 1.29 is 4.74 Å². The van der Waals surface area contributed by atoms with Gasteiger partial charge in [0.2, 0.25) is 0 Å². The van der Waals surface area contributed by atoms with Crippen molar-refractivity contribution in [1.29, 1.82) is 0 Å². The van der Waals surface area contributed by atoms with Crippen LogP contribution in [0.5, 0.6) is 0 Å². The Morgan fingerprint density at radius 2 is 1.93 bits per heavy atom. The Labute approximate surface area is 92.5 Å². The zero-order valence-electron chi connectivity index (χ0n) is 9.86. The van der Waals surface area contributed by atoms with Crippen LogP contribution < -0.4 is 0 Å². The van der Waals surface area contributed by atoms with Crippen LogP contribution in [0.1, 0.15) is 32.8 Å². The van der Waals surface area contributed by atoms with E-state index in [1.807, 2.05) is 0 Å². The van der Waals surface area contributed by atoms with Gasteiger partial charge in [-0.3, -0.25) is 0 Å². The summed E-state index contributed by atoms with van der Waals surface area (Å²) in [7, 11) is 0. The molecule has 1 heterocycles. The van der Waals surface area contributed by atoms with Gasteiger partial charge in [-0.25, -0.2) is 0 Å². The van der Waals surface area contributed by atoms with Crippen molar-refractivity contribution >= 4 is 0 Å². The first-order valence-electron chi connectivity index (χ1n) is 5.85. The number of benzene rings is 1. The van der Waals surface area contributed by atoms with E-state index in [0.717, 1.165) is 13.0 Å². The largest absolute Gasteiger partial charge is 0.378 e. The molecule has 2 atom stereocenters. The maximum absolute atomic E-state index is 5.78. The van der Waals surface area contributed by atoms with Gasteiger partial charge in [-0.1, -0.05) is 44.2 Å². The highest BCUT2D eigenvalue weighted by molar-refractivity contribution is 5.29. The van der Waals surface area contributed by atoms with Gasteiger partial charge >= 0.3 is 0 Å². The van der Waals surface area contributed by atoms with Gasteiger partial charge in [0.05, 0.1) is 6.10 Å². The lowest BCUT2D eigenvalue weighted by atomic mass is 9.67. The predicted octanol–water partition coefficient (Wildman–Crippen LogP) is 3.39. The van der Waals surface area contributed by atoms with E-state index in [1.54, 1.807) is 0 Å². The van der Waals surface area contributed by atoms with Gasteiger partial charge in [0.15, 0.2) is 0 Å². The first-order chi connectivity index (χ1) is 7.18. The molecule has 0 amide bonds. The molecule has 0 saturated carbocycles. The average Bonchev–Trinajstić information content (AvgIpc) is 2.62. The lowest BCUT2D eigenvalue weighted by molar-refractivity contribution is 0.0778. The van der Waals surface area contributed by atoms with Gasteiger partial charge < -0.3 is 4.74 Å². The van der Waals surface area contributed by atoms with Crippen LogP contribution in [0.2, 0.25) is 0 Å². The summed E-state index contributed by atoms with van der Waals surface area (Å²) in [4.78, 5) is 0. The standard InChI is InChI=1S/C14H20O/c1-11(2)14(9-10-15-12(14)3)13-7-5-4-6-8-13/h4-8,11-12H,9-10H2,1-3H3. The molecule has 0 spiro atoms. The van der Waals surface area contributed by atoms with Crippen LogP contribution in [0.4, 0.5) is 0 Å². The topological polar surface area (TPSA) is 9.23 Å². The fraction of sp³-hybridized carbons (Fsp3) is 0.571. The maximum atomic E-state index is 5.78. The molecule has 1 aromatic rings. The van der Waals surface area contributed by atoms with Crippen molar-refractivity contribution in [3.63, 3.8) is 0 Å². The Hall–Kier alpha value is -0.820. The molecule has 15 heavy (non-hydrogen) atoms. The van der Waals surface area contributed by atoms with Crippen LogP contribution >= 0.6 is 0 Å². The Kier molecular flexibility index (Phi) is 2.83. The summed E-state index contributed by atoms with van der Waals surface area (Å²) in [5, 5.41) is 0. The molecule has 2 unspecified atom stereocenters. The Morgan fingerprint density at radius 1 is 1.27 bits per heavy atom. The smallest absolute Gasteiger partial charge is 0.0646 e. The summed E-state index contributed by atoms with van der Waals surface area (Å²) in [6.07, 6.45) is 1.48. The summed E-state index contributed by atoms with van der Waals surface area (Å²) in [6, 6.07) is 10.8. The van der Waals surface area contributed by atoms with Crippen LogP contribution in [0, 0.1) is 5.92 Å². The molecule has 0 N–H and O–H groups in total. The lowest BCUT2D eigenvalue weighted by Crippen LogP contribution is -2.38. The van der Waals surface area contributed by atoms with E-state index in [1.165, 1.54) is 5.56 Å². The number of rotatable bonds is 2. The molecule has 1 heteroatoms. The minimum atomic E-state index is 0.223. The van der Waals surface area contributed by atoms with Gasteiger partial charge in [-0.05, 0) is 24.8 Å². The monoisotopic (exact) mass is 204 g/mol. The Morgan fingerprint density at radius 3 is 2.40 bits per heavy atom. The van der Waals surface area contributed by atoms with E-state index < -0.39 is 0 Å². The van der Waals surface area contributed by atoms with Crippen molar-refractivity contribution in [3.05, 3.63) is 35.9 Å². The van der Waals surface area contributed by atoms with E-state index in [-0.39, 0.29) is 5.41 Å². The zero-order chi connectivity index (χ0) is 10.9. The summed E-state index contributed by atoms with van der Waals surface area (Å²) in [5.41, 5.74) is 1.66. The third kappa shape index (κ3) is 1.59. The quantitative estimate of drug-likeness (QED) is 0.717. The first kappa shape index (κ1) is 10.7. The third-order valence-electron chi connectivity index (χ3n) is 3.95. The molecule has 0 bridgehead atoms. The summed E-state index contributed by atoms with van der Waals surface area (Å²) in [6.45, 7) is 7.71. The number of hydrogen-bond acceptors (Lipinski definition) is 1. The predicted molar refractivity (Wildman–Crippen MR) is 63.0 cm³/mol.